The van der Waals surface area contributed by atoms with E-state index in [1.807, 2.05) is 18.2 Å². The molecule has 2 nitrogen and oxygen atoms in total. The van der Waals surface area contributed by atoms with Gasteiger partial charge in [0.05, 0.1) is 0 Å². The molecule has 4 rings (SSSR count). The number of halogens is 2. The lowest BCUT2D eigenvalue weighted by molar-refractivity contribution is 0.631. The molecule has 2 aromatic carbocycles. The molecular formula is C25H28Cl2N2. The number of hydrogen-bond donors (Lipinski definition) is 1. The zero-order chi connectivity index (χ0) is 20.2. The van der Waals surface area contributed by atoms with Gasteiger partial charge in [0.25, 0.3) is 0 Å². The van der Waals surface area contributed by atoms with Crippen molar-refractivity contribution in [1.29, 1.82) is 0 Å². The standard InChI is InChI=1S/C25H28Cl2N2/c1-18-23(16-28-14-13-19-7-3-2-4-8-19)22-9-5-6-10-25(22)29(18)17-20-11-12-21(26)15-24(20)27/h5-7,9-12,15,28H,2-4,8,13-14,16-17H2,1H3. The van der Waals surface area contributed by atoms with Crippen LogP contribution in [0.25, 0.3) is 10.9 Å². The lowest BCUT2D eigenvalue weighted by Gasteiger charge is -2.13. The number of allylic oxidation sites excluding steroid dienone is 1. The van der Waals surface area contributed by atoms with Gasteiger partial charge >= 0.3 is 0 Å². The predicted octanol–water partition coefficient (Wildman–Crippen LogP) is 7.28. The minimum atomic E-state index is 0.672. The third-order valence-corrected chi connectivity index (χ3v) is 6.60. The molecule has 1 aliphatic carbocycles. The number of nitrogens with zero attached hydrogens (tertiary/aromatic N) is 1. The predicted molar refractivity (Wildman–Crippen MR) is 125 cm³/mol. The number of hydrogen-bond acceptors (Lipinski definition) is 1. The maximum Gasteiger partial charge on any atom is 0.0493 e. The lowest BCUT2D eigenvalue weighted by atomic mass is 9.97. The SMILES string of the molecule is Cc1c(CNCCC2=CCCCC2)c2ccccc2n1Cc1ccc(Cl)cc1Cl. The van der Waals surface area contributed by atoms with Gasteiger partial charge in [-0.15, -0.1) is 0 Å². The molecule has 0 aliphatic heterocycles. The first-order valence-electron chi connectivity index (χ1n) is 10.5. The number of fused-ring (bicyclic) bond motifs is 1. The van der Waals surface area contributed by atoms with E-state index in [1.165, 1.54) is 47.8 Å². The first-order chi connectivity index (χ1) is 14.1. The van der Waals surface area contributed by atoms with Gasteiger partial charge in [-0.05, 0) is 74.9 Å². The summed E-state index contributed by atoms with van der Waals surface area (Å²) < 4.78 is 2.37. The van der Waals surface area contributed by atoms with Crippen molar-refractivity contribution in [2.75, 3.05) is 6.54 Å². The quantitative estimate of drug-likeness (QED) is 0.310. The average Bonchev–Trinajstić information content (AvgIpc) is 2.99. The Bertz CT molecular complexity index is 1030. The average molecular weight is 427 g/mol. The molecule has 152 valence electrons. The van der Waals surface area contributed by atoms with E-state index in [0.717, 1.165) is 36.6 Å². The van der Waals surface area contributed by atoms with Crippen LogP contribution in [0.15, 0.2) is 54.1 Å². The van der Waals surface area contributed by atoms with Crippen LogP contribution in [0.4, 0.5) is 0 Å². The van der Waals surface area contributed by atoms with Crippen molar-refractivity contribution in [3.05, 3.63) is 81.0 Å². The summed E-state index contributed by atoms with van der Waals surface area (Å²) in [6.45, 7) is 4.88. The van der Waals surface area contributed by atoms with Crippen molar-refractivity contribution in [2.24, 2.45) is 0 Å². The highest BCUT2D eigenvalue weighted by molar-refractivity contribution is 6.35. The van der Waals surface area contributed by atoms with Crippen LogP contribution in [-0.2, 0) is 13.1 Å². The molecule has 1 aromatic heterocycles. The van der Waals surface area contributed by atoms with Gasteiger partial charge in [0, 0.05) is 39.7 Å². The first kappa shape index (κ1) is 20.5. The summed E-state index contributed by atoms with van der Waals surface area (Å²) in [5, 5.41) is 6.39. The second kappa shape index (κ2) is 9.38. The lowest BCUT2D eigenvalue weighted by Crippen LogP contribution is -2.16. The van der Waals surface area contributed by atoms with E-state index in [2.05, 4.69) is 47.1 Å². The van der Waals surface area contributed by atoms with Crippen molar-refractivity contribution in [3.8, 4) is 0 Å². The molecule has 0 saturated carbocycles. The van der Waals surface area contributed by atoms with Crippen LogP contribution in [0.1, 0.15) is 48.9 Å². The fourth-order valence-corrected chi connectivity index (χ4v) is 4.81. The van der Waals surface area contributed by atoms with Crippen molar-refractivity contribution < 1.29 is 0 Å². The Labute approximate surface area is 183 Å². The Morgan fingerprint density at radius 3 is 2.72 bits per heavy atom. The van der Waals surface area contributed by atoms with Crippen LogP contribution >= 0.6 is 23.2 Å². The van der Waals surface area contributed by atoms with Crippen molar-refractivity contribution >= 4 is 34.1 Å². The highest BCUT2D eigenvalue weighted by atomic mass is 35.5. The second-order valence-electron chi connectivity index (χ2n) is 7.94. The van der Waals surface area contributed by atoms with Gasteiger partial charge in [-0.1, -0.05) is 59.1 Å². The van der Waals surface area contributed by atoms with Crippen molar-refractivity contribution in [3.63, 3.8) is 0 Å². The van der Waals surface area contributed by atoms with Crippen LogP contribution in [0, 0.1) is 6.92 Å². The number of aromatic nitrogens is 1. The molecule has 0 bridgehead atoms. The molecule has 0 amide bonds. The Morgan fingerprint density at radius 1 is 1.07 bits per heavy atom. The fourth-order valence-electron chi connectivity index (χ4n) is 4.34. The van der Waals surface area contributed by atoms with Gasteiger partial charge in [0.2, 0.25) is 0 Å². The molecule has 0 radical (unpaired) electrons. The van der Waals surface area contributed by atoms with Crippen LogP contribution in [0.2, 0.25) is 10.0 Å². The number of rotatable bonds is 7. The van der Waals surface area contributed by atoms with Crippen molar-refractivity contribution in [1.82, 2.24) is 9.88 Å². The second-order valence-corrected chi connectivity index (χ2v) is 8.78. The number of para-hydroxylation sites is 1. The smallest absolute Gasteiger partial charge is 0.0493 e. The topological polar surface area (TPSA) is 17.0 Å². The van der Waals surface area contributed by atoms with E-state index >= 15 is 0 Å². The third-order valence-electron chi connectivity index (χ3n) is 6.01. The van der Waals surface area contributed by atoms with Crippen LogP contribution in [0.5, 0.6) is 0 Å². The normalized spacial score (nSPS) is 14.4. The Balaban J connectivity index is 1.53. The zero-order valence-electron chi connectivity index (χ0n) is 17.0. The van der Waals surface area contributed by atoms with Gasteiger partial charge in [0.1, 0.15) is 0 Å². The molecule has 4 heteroatoms. The molecule has 1 aliphatic rings. The van der Waals surface area contributed by atoms with Gasteiger partial charge in [-0.2, -0.15) is 0 Å². The molecule has 0 fully saturated rings. The molecule has 0 spiro atoms. The van der Waals surface area contributed by atoms with Crippen molar-refractivity contribution in [2.45, 2.75) is 52.1 Å². The van der Waals surface area contributed by atoms with Gasteiger partial charge in [-0.25, -0.2) is 0 Å². The largest absolute Gasteiger partial charge is 0.340 e. The van der Waals surface area contributed by atoms with Gasteiger partial charge in [0.15, 0.2) is 0 Å². The maximum atomic E-state index is 6.45. The van der Waals surface area contributed by atoms with Crippen LogP contribution in [-0.4, -0.2) is 11.1 Å². The zero-order valence-corrected chi connectivity index (χ0v) is 18.5. The summed E-state index contributed by atoms with van der Waals surface area (Å²) in [7, 11) is 0. The summed E-state index contributed by atoms with van der Waals surface area (Å²) in [4.78, 5) is 0. The fraction of sp³-hybridized carbons (Fsp3) is 0.360. The van der Waals surface area contributed by atoms with E-state index in [-0.39, 0.29) is 0 Å². The van der Waals surface area contributed by atoms with E-state index in [9.17, 15) is 0 Å². The monoisotopic (exact) mass is 426 g/mol. The summed E-state index contributed by atoms with van der Waals surface area (Å²) >= 11 is 12.5. The minimum Gasteiger partial charge on any atom is -0.340 e. The molecule has 0 unspecified atom stereocenters. The van der Waals surface area contributed by atoms with Gasteiger partial charge in [-0.3, -0.25) is 0 Å². The van der Waals surface area contributed by atoms with Crippen LogP contribution < -0.4 is 5.32 Å². The molecule has 29 heavy (non-hydrogen) atoms. The number of nitrogens with one attached hydrogen (secondary N) is 1. The van der Waals surface area contributed by atoms with Crippen LogP contribution in [0.3, 0.4) is 0 Å². The Morgan fingerprint density at radius 2 is 1.93 bits per heavy atom. The minimum absolute atomic E-state index is 0.672. The summed E-state index contributed by atoms with van der Waals surface area (Å²) in [6, 6.07) is 14.4. The molecule has 0 atom stereocenters. The number of benzene rings is 2. The Hall–Kier alpha value is -1.74. The van der Waals surface area contributed by atoms with E-state index in [1.54, 1.807) is 5.57 Å². The third kappa shape index (κ3) is 4.71. The molecule has 1 heterocycles. The van der Waals surface area contributed by atoms with E-state index in [4.69, 9.17) is 23.2 Å². The maximum absolute atomic E-state index is 6.45. The molecular weight excluding hydrogens is 399 g/mol. The van der Waals surface area contributed by atoms with E-state index in [0.29, 0.717) is 5.02 Å². The van der Waals surface area contributed by atoms with Gasteiger partial charge < -0.3 is 9.88 Å². The molecule has 0 saturated heterocycles. The molecule has 3 aromatic rings. The van der Waals surface area contributed by atoms with E-state index < -0.39 is 0 Å². The highest BCUT2D eigenvalue weighted by Gasteiger charge is 2.15. The Kier molecular flexibility index (Phi) is 6.64. The first-order valence-corrected chi connectivity index (χ1v) is 11.3. The summed E-state index contributed by atoms with van der Waals surface area (Å²) in [5.41, 5.74) is 6.64. The summed E-state index contributed by atoms with van der Waals surface area (Å²) in [6.07, 6.45) is 8.85. The highest BCUT2D eigenvalue weighted by Crippen LogP contribution is 2.29. The molecule has 1 N–H and O–H groups in total. The summed E-state index contributed by atoms with van der Waals surface area (Å²) in [5.74, 6) is 0.